The lowest BCUT2D eigenvalue weighted by Gasteiger charge is -2.24. The van der Waals surface area contributed by atoms with Crippen LogP contribution in [0.3, 0.4) is 0 Å². The van der Waals surface area contributed by atoms with Gasteiger partial charge in [-0.05, 0) is 57.3 Å². The van der Waals surface area contributed by atoms with E-state index >= 15 is 0 Å². The van der Waals surface area contributed by atoms with Crippen molar-refractivity contribution in [2.75, 3.05) is 45.2 Å². The van der Waals surface area contributed by atoms with Gasteiger partial charge in [0.25, 0.3) is 0 Å². The first-order chi connectivity index (χ1) is 14.5. The number of hydrogen-bond acceptors (Lipinski definition) is 4. The Hall–Kier alpha value is -2.74. The minimum absolute atomic E-state index is 0.0312. The Morgan fingerprint density at radius 3 is 2.70 bits per heavy atom. The first-order valence-corrected chi connectivity index (χ1v) is 10.3. The zero-order valence-electron chi connectivity index (χ0n) is 17.8. The Kier molecular flexibility index (Phi) is 7.57. The summed E-state index contributed by atoms with van der Waals surface area (Å²) in [6.45, 7) is 4.68. The molecule has 0 radical (unpaired) electrons. The van der Waals surface area contributed by atoms with E-state index in [1.807, 2.05) is 25.9 Å². The zero-order chi connectivity index (χ0) is 21.5. The number of aliphatic imine (C=N–C) groups is 1. The number of likely N-dealkylation sites (N-methyl/N-ethyl adjacent to an activating group) is 1. The number of anilines is 1. The van der Waals surface area contributed by atoms with Crippen molar-refractivity contribution >= 4 is 11.8 Å². The van der Waals surface area contributed by atoms with E-state index in [9.17, 15) is 8.78 Å². The van der Waals surface area contributed by atoms with E-state index in [-0.39, 0.29) is 23.7 Å². The van der Waals surface area contributed by atoms with E-state index < -0.39 is 0 Å². The standard InChI is InChI=1S/C22H30F2N6/c1-4-25-22(27-14-20(29(2)3)16-7-9-17(23)10-8-16)28-18-11-13-30(15-18)21-19(24)6-5-12-26-21/h5-10,12,18,20H,4,11,13-15H2,1-3H3,(H2,25,27,28). The Morgan fingerprint density at radius 2 is 2.03 bits per heavy atom. The van der Waals surface area contributed by atoms with Crippen molar-refractivity contribution in [1.82, 2.24) is 20.5 Å². The molecule has 6 nitrogen and oxygen atoms in total. The van der Waals surface area contributed by atoms with Gasteiger partial charge in [0.15, 0.2) is 17.6 Å². The third-order valence-corrected chi connectivity index (χ3v) is 5.21. The van der Waals surface area contributed by atoms with Crippen molar-refractivity contribution in [3.63, 3.8) is 0 Å². The van der Waals surface area contributed by atoms with Gasteiger partial charge in [0.2, 0.25) is 0 Å². The predicted molar refractivity (Wildman–Crippen MR) is 117 cm³/mol. The molecule has 8 heteroatoms. The molecular formula is C22H30F2N6. The maximum Gasteiger partial charge on any atom is 0.191 e. The first-order valence-electron chi connectivity index (χ1n) is 10.3. The number of benzene rings is 1. The van der Waals surface area contributed by atoms with Crippen LogP contribution in [0.15, 0.2) is 47.6 Å². The predicted octanol–water partition coefficient (Wildman–Crippen LogP) is 2.80. The molecule has 1 fully saturated rings. The second-order valence-corrected chi connectivity index (χ2v) is 7.64. The van der Waals surface area contributed by atoms with Gasteiger partial charge in [-0.3, -0.25) is 4.99 Å². The number of halogens is 2. The van der Waals surface area contributed by atoms with Crippen molar-refractivity contribution in [3.05, 3.63) is 59.8 Å². The summed E-state index contributed by atoms with van der Waals surface area (Å²) in [6, 6.07) is 9.76. The second kappa shape index (κ2) is 10.3. The molecule has 1 aromatic heterocycles. The molecule has 1 aliphatic rings. The van der Waals surface area contributed by atoms with Gasteiger partial charge in [-0.2, -0.15) is 0 Å². The highest BCUT2D eigenvalue weighted by molar-refractivity contribution is 5.80. The number of hydrogen-bond donors (Lipinski definition) is 2. The topological polar surface area (TPSA) is 55.8 Å². The molecule has 0 spiro atoms. The van der Waals surface area contributed by atoms with Crippen molar-refractivity contribution in [3.8, 4) is 0 Å². The highest BCUT2D eigenvalue weighted by Gasteiger charge is 2.26. The lowest BCUT2D eigenvalue weighted by Crippen LogP contribution is -2.45. The van der Waals surface area contributed by atoms with Gasteiger partial charge in [0.05, 0.1) is 12.6 Å². The van der Waals surface area contributed by atoms with Crippen molar-refractivity contribution in [2.45, 2.75) is 25.4 Å². The fourth-order valence-corrected chi connectivity index (χ4v) is 3.62. The molecule has 0 bridgehead atoms. The van der Waals surface area contributed by atoms with Gasteiger partial charge in [-0.15, -0.1) is 0 Å². The van der Waals surface area contributed by atoms with Gasteiger partial charge >= 0.3 is 0 Å². The molecule has 2 atom stereocenters. The van der Waals surface area contributed by atoms with Crippen LogP contribution in [0.4, 0.5) is 14.6 Å². The summed E-state index contributed by atoms with van der Waals surface area (Å²) >= 11 is 0. The Morgan fingerprint density at radius 1 is 1.27 bits per heavy atom. The van der Waals surface area contributed by atoms with Crippen LogP contribution in [0.2, 0.25) is 0 Å². The van der Waals surface area contributed by atoms with Crippen molar-refractivity contribution < 1.29 is 8.78 Å². The molecule has 2 heterocycles. The Bertz CT molecular complexity index is 840. The minimum Gasteiger partial charge on any atom is -0.357 e. The summed E-state index contributed by atoms with van der Waals surface area (Å²) in [6.07, 6.45) is 2.48. The van der Waals surface area contributed by atoms with E-state index in [0.717, 1.165) is 31.0 Å². The van der Waals surface area contributed by atoms with Crippen molar-refractivity contribution in [1.29, 1.82) is 0 Å². The number of nitrogens with zero attached hydrogens (tertiary/aromatic N) is 4. The molecular weight excluding hydrogens is 386 g/mol. The third kappa shape index (κ3) is 5.66. The normalized spacial score (nSPS) is 18.0. The van der Waals surface area contributed by atoms with Gasteiger partial charge < -0.3 is 20.4 Å². The van der Waals surface area contributed by atoms with Crippen LogP contribution in [0.1, 0.15) is 24.9 Å². The molecule has 30 heavy (non-hydrogen) atoms. The van der Waals surface area contributed by atoms with Crippen LogP contribution in [-0.2, 0) is 0 Å². The largest absolute Gasteiger partial charge is 0.357 e. The molecule has 162 valence electrons. The molecule has 2 aromatic rings. The lowest BCUT2D eigenvalue weighted by molar-refractivity contribution is 0.306. The van der Waals surface area contributed by atoms with Crippen LogP contribution in [0.25, 0.3) is 0 Å². The average molecular weight is 417 g/mol. The summed E-state index contributed by atoms with van der Waals surface area (Å²) in [5.74, 6) is 0.573. The quantitative estimate of drug-likeness (QED) is 0.537. The van der Waals surface area contributed by atoms with Crippen LogP contribution in [0, 0.1) is 11.6 Å². The molecule has 0 amide bonds. The van der Waals surface area contributed by atoms with Crippen LogP contribution in [0.5, 0.6) is 0 Å². The van der Waals surface area contributed by atoms with Gasteiger partial charge in [-0.25, -0.2) is 13.8 Å². The van der Waals surface area contributed by atoms with Crippen LogP contribution in [-0.4, -0.2) is 62.2 Å². The summed E-state index contributed by atoms with van der Waals surface area (Å²) < 4.78 is 27.3. The molecule has 2 N–H and O–H groups in total. The highest BCUT2D eigenvalue weighted by atomic mass is 19.1. The molecule has 3 rings (SSSR count). The number of guanidine groups is 1. The van der Waals surface area contributed by atoms with Gasteiger partial charge in [-0.1, -0.05) is 12.1 Å². The SMILES string of the molecule is CCNC(=NCC(c1ccc(F)cc1)N(C)C)NC1CCN(c2ncccc2F)C1. The fourth-order valence-electron chi connectivity index (χ4n) is 3.62. The number of pyridine rings is 1. The highest BCUT2D eigenvalue weighted by Crippen LogP contribution is 2.21. The maximum atomic E-state index is 14.0. The first kappa shape index (κ1) is 22.0. The molecule has 1 aromatic carbocycles. The van der Waals surface area contributed by atoms with E-state index in [1.165, 1.54) is 18.2 Å². The van der Waals surface area contributed by atoms with Gasteiger partial charge in [0.1, 0.15) is 5.82 Å². The van der Waals surface area contributed by atoms with Crippen LogP contribution >= 0.6 is 0 Å². The Balaban J connectivity index is 1.65. The third-order valence-electron chi connectivity index (χ3n) is 5.21. The summed E-state index contributed by atoms with van der Waals surface area (Å²) in [4.78, 5) is 13.0. The maximum absolute atomic E-state index is 14.0. The molecule has 1 aliphatic heterocycles. The number of rotatable bonds is 7. The number of nitrogens with one attached hydrogen (secondary N) is 2. The van der Waals surface area contributed by atoms with Gasteiger partial charge in [0, 0.05) is 31.9 Å². The molecule has 0 aliphatic carbocycles. The smallest absolute Gasteiger partial charge is 0.191 e. The molecule has 0 saturated carbocycles. The monoisotopic (exact) mass is 416 g/mol. The zero-order valence-corrected chi connectivity index (χ0v) is 17.8. The van der Waals surface area contributed by atoms with E-state index in [0.29, 0.717) is 18.9 Å². The minimum atomic E-state index is -0.299. The molecule has 2 unspecified atom stereocenters. The van der Waals surface area contributed by atoms with E-state index in [1.54, 1.807) is 24.4 Å². The Labute approximate surface area is 177 Å². The average Bonchev–Trinajstić information content (AvgIpc) is 3.18. The fraction of sp³-hybridized carbons (Fsp3) is 0.455. The van der Waals surface area contributed by atoms with E-state index in [2.05, 4.69) is 20.5 Å². The summed E-state index contributed by atoms with van der Waals surface area (Å²) in [7, 11) is 3.97. The number of aromatic nitrogens is 1. The lowest BCUT2D eigenvalue weighted by atomic mass is 10.1. The summed E-state index contributed by atoms with van der Waals surface area (Å²) in [5.41, 5.74) is 1.01. The summed E-state index contributed by atoms with van der Waals surface area (Å²) in [5, 5.41) is 6.74. The van der Waals surface area contributed by atoms with Crippen LogP contribution < -0.4 is 15.5 Å². The molecule has 1 saturated heterocycles. The van der Waals surface area contributed by atoms with E-state index in [4.69, 9.17) is 4.99 Å². The van der Waals surface area contributed by atoms with Crippen molar-refractivity contribution in [2.24, 2.45) is 4.99 Å². The second-order valence-electron chi connectivity index (χ2n) is 7.64.